The number of nitrogen functional groups attached to an aromatic ring is 1. The number of rotatable bonds is 7. The maximum Gasteiger partial charge on any atom is 0.306 e. The molecule has 0 saturated carbocycles. The number of ether oxygens (including phenoxy) is 2. The average molecular weight is 335 g/mol. The second-order valence-corrected chi connectivity index (χ2v) is 6.36. The fraction of sp³-hybridized carbons (Fsp3) is 0.667. The largest absolute Gasteiger partial charge is 0.469 e. The van der Waals surface area contributed by atoms with Crippen molar-refractivity contribution in [1.29, 1.82) is 0 Å². The van der Waals surface area contributed by atoms with Crippen molar-refractivity contribution in [2.75, 3.05) is 24.8 Å². The van der Waals surface area contributed by atoms with Crippen LogP contribution in [0.15, 0.2) is 12.3 Å². The lowest BCUT2D eigenvalue weighted by Gasteiger charge is -2.30. The Morgan fingerprint density at radius 3 is 2.96 bits per heavy atom. The minimum absolute atomic E-state index is 0.0776. The molecular weight excluding hydrogens is 306 g/mol. The highest BCUT2D eigenvalue weighted by molar-refractivity contribution is 5.71. The van der Waals surface area contributed by atoms with E-state index in [9.17, 15) is 4.79 Å². The molecule has 2 rings (SSSR count). The van der Waals surface area contributed by atoms with Gasteiger partial charge >= 0.3 is 5.97 Å². The first-order valence-electron chi connectivity index (χ1n) is 8.77. The maximum absolute atomic E-state index is 11.5. The first-order valence-corrected chi connectivity index (χ1v) is 8.77. The topological polar surface area (TPSA) is 86.5 Å². The molecule has 0 radical (unpaired) electrons. The Kier molecular flexibility index (Phi) is 6.85. The number of anilines is 2. The molecule has 1 aliphatic rings. The van der Waals surface area contributed by atoms with E-state index in [1.54, 1.807) is 0 Å². The molecule has 0 bridgehead atoms. The number of nitrogens with one attached hydrogen (secondary N) is 1. The summed E-state index contributed by atoms with van der Waals surface area (Å²) in [5.41, 5.74) is 7.79. The van der Waals surface area contributed by atoms with Crippen LogP contribution in [0.5, 0.6) is 0 Å². The van der Waals surface area contributed by atoms with Crippen LogP contribution < -0.4 is 11.1 Å². The molecule has 3 N–H and O–H groups in total. The van der Waals surface area contributed by atoms with Gasteiger partial charge in [-0.05, 0) is 43.2 Å². The summed E-state index contributed by atoms with van der Waals surface area (Å²) in [6, 6.07) is 2.25. The van der Waals surface area contributed by atoms with Crippen molar-refractivity contribution in [2.24, 2.45) is 0 Å². The molecule has 1 fully saturated rings. The number of pyridine rings is 1. The van der Waals surface area contributed by atoms with Gasteiger partial charge in [-0.25, -0.2) is 4.98 Å². The Hall–Kier alpha value is -1.82. The van der Waals surface area contributed by atoms with E-state index in [1.165, 1.54) is 7.11 Å². The van der Waals surface area contributed by atoms with Crippen LogP contribution in [0.1, 0.15) is 57.4 Å². The SMILES string of the molecule is CCC1CC(Nc2ncc(C(CC)CC(=O)OC)cc2N)CCO1. The van der Waals surface area contributed by atoms with Crippen LogP contribution >= 0.6 is 0 Å². The zero-order valence-corrected chi connectivity index (χ0v) is 14.9. The van der Waals surface area contributed by atoms with Crippen molar-refractivity contribution in [1.82, 2.24) is 4.98 Å². The molecule has 3 atom stereocenters. The van der Waals surface area contributed by atoms with Crippen LogP contribution in [-0.4, -0.2) is 36.8 Å². The number of hydrogen-bond acceptors (Lipinski definition) is 6. The summed E-state index contributed by atoms with van der Waals surface area (Å²) in [6.07, 6.45) is 6.25. The highest BCUT2D eigenvalue weighted by Gasteiger charge is 2.22. The lowest BCUT2D eigenvalue weighted by molar-refractivity contribution is -0.141. The van der Waals surface area contributed by atoms with Gasteiger partial charge in [0.1, 0.15) is 5.82 Å². The second kappa shape index (κ2) is 8.87. The molecule has 1 aromatic rings. The van der Waals surface area contributed by atoms with E-state index < -0.39 is 0 Å². The monoisotopic (exact) mass is 335 g/mol. The fourth-order valence-electron chi connectivity index (χ4n) is 3.11. The number of carbonyl (C=O) groups is 1. The molecule has 134 valence electrons. The first-order chi connectivity index (χ1) is 11.6. The molecular formula is C18H29N3O3. The molecule has 1 aliphatic heterocycles. The van der Waals surface area contributed by atoms with Gasteiger partial charge < -0.3 is 20.5 Å². The molecule has 0 spiro atoms. The predicted molar refractivity (Wildman–Crippen MR) is 95.0 cm³/mol. The van der Waals surface area contributed by atoms with Crippen molar-refractivity contribution in [3.8, 4) is 0 Å². The molecule has 0 aromatic carbocycles. The highest BCUT2D eigenvalue weighted by Crippen LogP contribution is 2.28. The van der Waals surface area contributed by atoms with Crippen LogP contribution in [0.2, 0.25) is 0 Å². The Balaban J connectivity index is 2.04. The highest BCUT2D eigenvalue weighted by atomic mass is 16.5. The minimum atomic E-state index is -0.213. The normalized spacial score (nSPS) is 22.0. The van der Waals surface area contributed by atoms with Gasteiger partial charge in [0.05, 0.1) is 25.3 Å². The predicted octanol–water partition coefficient (Wildman–Crippen LogP) is 3.09. The molecule has 1 saturated heterocycles. The van der Waals surface area contributed by atoms with E-state index in [4.69, 9.17) is 15.2 Å². The third-order valence-corrected chi connectivity index (χ3v) is 4.71. The second-order valence-electron chi connectivity index (χ2n) is 6.36. The van der Waals surface area contributed by atoms with Gasteiger partial charge in [0, 0.05) is 18.8 Å². The number of carbonyl (C=O) groups excluding carboxylic acids is 1. The van der Waals surface area contributed by atoms with Gasteiger partial charge in [-0.2, -0.15) is 0 Å². The molecule has 24 heavy (non-hydrogen) atoms. The lowest BCUT2D eigenvalue weighted by Crippen LogP contribution is -2.34. The van der Waals surface area contributed by atoms with Crippen molar-refractivity contribution >= 4 is 17.5 Å². The number of methoxy groups -OCH3 is 1. The van der Waals surface area contributed by atoms with Gasteiger partial charge in [0.15, 0.2) is 0 Å². The number of esters is 1. The Morgan fingerprint density at radius 1 is 1.54 bits per heavy atom. The molecule has 2 heterocycles. The Labute approximate surface area is 144 Å². The number of hydrogen-bond donors (Lipinski definition) is 2. The van der Waals surface area contributed by atoms with Crippen LogP contribution in [0.3, 0.4) is 0 Å². The van der Waals surface area contributed by atoms with E-state index in [0.29, 0.717) is 30.1 Å². The number of nitrogens with zero attached hydrogens (tertiary/aromatic N) is 1. The summed E-state index contributed by atoms with van der Waals surface area (Å²) in [6.45, 7) is 4.95. The van der Waals surface area contributed by atoms with Crippen LogP contribution in [0.4, 0.5) is 11.5 Å². The third kappa shape index (κ3) is 4.84. The van der Waals surface area contributed by atoms with E-state index in [1.807, 2.05) is 19.2 Å². The summed E-state index contributed by atoms with van der Waals surface area (Å²) in [5, 5.41) is 3.44. The molecule has 3 unspecified atom stereocenters. The Morgan fingerprint density at radius 2 is 2.33 bits per heavy atom. The summed E-state index contributed by atoms with van der Waals surface area (Å²) >= 11 is 0. The van der Waals surface area contributed by atoms with Crippen LogP contribution in [0.25, 0.3) is 0 Å². The zero-order valence-electron chi connectivity index (χ0n) is 14.9. The van der Waals surface area contributed by atoms with Crippen LogP contribution in [-0.2, 0) is 14.3 Å². The van der Waals surface area contributed by atoms with E-state index in [2.05, 4.69) is 17.2 Å². The minimum Gasteiger partial charge on any atom is -0.469 e. The average Bonchev–Trinajstić information content (AvgIpc) is 2.61. The van der Waals surface area contributed by atoms with Crippen molar-refractivity contribution in [3.63, 3.8) is 0 Å². The van der Waals surface area contributed by atoms with Crippen molar-refractivity contribution < 1.29 is 14.3 Å². The first kappa shape index (κ1) is 18.5. The molecule has 1 aromatic heterocycles. The lowest BCUT2D eigenvalue weighted by atomic mass is 9.94. The molecule has 6 nitrogen and oxygen atoms in total. The van der Waals surface area contributed by atoms with Crippen molar-refractivity contribution in [2.45, 2.75) is 64.0 Å². The summed E-state index contributed by atoms with van der Waals surface area (Å²) in [4.78, 5) is 16.0. The summed E-state index contributed by atoms with van der Waals surface area (Å²) in [7, 11) is 1.41. The van der Waals surface area contributed by atoms with Gasteiger partial charge in [-0.15, -0.1) is 0 Å². The van der Waals surface area contributed by atoms with Gasteiger partial charge in [-0.1, -0.05) is 13.8 Å². The zero-order chi connectivity index (χ0) is 17.5. The van der Waals surface area contributed by atoms with Crippen LogP contribution in [0, 0.1) is 0 Å². The quantitative estimate of drug-likeness (QED) is 0.745. The Bertz CT molecular complexity index is 550. The van der Waals surface area contributed by atoms with E-state index >= 15 is 0 Å². The molecule has 0 aliphatic carbocycles. The summed E-state index contributed by atoms with van der Waals surface area (Å²) in [5.74, 6) is 0.581. The molecule has 6 heteroatoms. The standard InChI is InChI=1S/C18H29N3O3/c1-4-12(9-17(22)23-3)13-8-16(19)18(20-11-13)21-14-6-7-24-15(5-2)10-14/h8,11-12,14-15H,4-7,9-10,19H2,1-3H3,(H,20,21). The van der Waals surface area contributed by atoms with Crippen molar-refractivity contribution in [3.05, 3.63) is 17.8 Å². The fourth-order valence-corrected chi connectivity index (χ4v) is 3.11. The smallest absolute Gasteiger partial charge is 0.306 e. The van der Waals surface area contributed by atoms with E-state index in [0.717, 1.165) is 37.9 Å². The third-order valence-electron chi connectivity index (χ3n) is 4.71. The summed E-state index contributed by atoms with van der Waals surface area (Å²) < 4.78 is 10.5. The van der Waals surface area contributed by atoms with E-state index in [-0.39, 0.29) is 11.9 Å². The number of nitrogens with two attached hydrogens (primary N) is 1. The van der Waals surface area contributed by atoms with Gasteiger partial charge in [-0.3, -0.25) is 4.79 Å². The molecule has 0 amide bonds. The number of aromatic nitrogens is 1. The van der Waals surface area contributed by atoms with Gasteiger partial charge in [0.2, 0.25) is 0 Å². The maximum atomic E-state index is 11.5. The van der Waals surface area contributed by atoms with Gasteiger partial charge in [0.25, 0.3) is 0 Å².